The van der Waals surface area contributed by atoms with Crippen LogP contribution in [0.3, 0.4) is 0 Å². The van der Waals surface area contributed by atoms with Gasteiger partial charge in [-0.15, -0.1) is 0 Å². The quantitative estimate of drug-likeness (QED) is 0.350. The zero-order valence-corrected chi connectivity index (χ0v) is 12.3. The summed E-state index contributed by atoms with van der Waals surface area (Å²) in [6.45, 7) is 3.51. The molecule has 112 valence electrons. The summed E-state index contributed by atoms with van der Waals surface area (Å²) in [7, 11) is 0. The Morgan fingerprint density at radius 2 is 0.950 bits per heavy atom. The van der Waals surface area contributed by atoms with Crippen LogP contribution in [0.1, 0.15) is 39.5 Å². The summed E-state index contributed by atoms with van der Waals surface area (Å²) in [5.74, 6) is -0.507. The van der Waals surface area contributed by atoms with E-state index in [1.807, 2.05) is 24.3 Å². The highest BCUT2D eigenvalue weighted by Gasteiger charge is 1.87. The van der Waals surface area contributed by atoms with Gasteiger partial charge in [0.25, 0.3) is 0 Å². The summed E-state index contributed by atoms with van der Waals surface area (Å²) in [6.07, 6.45) is 15.8. The van der Waals surface area contributed by atoms with E-state index in [1.54, 1.807) is 0 Å². The minimum Gasteiger partial charge on any atom is -0.462 e. The fourth-order valence-corrected chi connectivity index (χ4v) is 1.32. The van der Waals surface area contributed by atoms with Crippen LogP contribution in [0.25, 0.3) is 0 Å². The van der Waals surface area contributed by atoms with Crippen LogP contribution < -0.4 is 0 Å². The SMILES string of the molecule is CC(=O)OC/C=C\CC/C=C\CC/C=C\COC(C)=O. The molecule has 0 heterocycles. The topological polar surface area (TPSA) is 52.6 Å². The molecule has 0 aromatic rings. The van der Waals surface area contributed by atoms with Crippen molar-refractivity contribution in [1.29, 1.82) is 0 Å². The van der Waals surface area contributed by atoms with Crippen LogP contribution in [-0.2, 0) is 19.1 Å². The third kappa shape index (κ3) is 16.2. The molecule has 0 bridgehead atoms. The number of esters is 2. The van der Waals surface area contributed by atoms with Gasteiger partial charge in [0.2, 0.25) is 0 Å². The van der Waals surface area contributed by atoms with Crippen molar-refractivity contribution < 1.29 is 19.1 Å². The Morgan fingerprint density at radius 1 is 0.650 bits per heavy atom. The van der Waals surface area contributed by atoms with Gasteiger partial charge in [-0.1, -0.05) is 36.5 Å². The number of hydrogen-bond acceptors (Lipinski definition) is 4. The second kappa shape index (κ2) is 13.6. The molecule has 0 N–H and O–H groups in total. The molecule has 4 heteroatoms. The molecule has 0 unspecified atom stereocenters. The Balaban J connectivity index is 3.35. The minimum atomic E-state index is -0.253. The first-order chi connectivity index (χ1) is 9.63. The van der Waals surface area contributed by atoms with Crippen molar-refractivity contribution >= 4 is 11.9 Å². The van der Waals surface area contributed by atoms with Crippen molar-refractivity contribution in [2.45, 2.75) is 39.5 Å². The fraction of sp³-hybridized carbons (Fsp3) is 0.500. The van der Waals surface area contributed by atoms with E-state index in [9.17, 15) is 9.59 Å². The molecule has 0 rings (SSSR count). The Hall–Kier alpha value is -1.84. The van der Waals surface area contributed by atoms with Gasteiger partial charge in [-0.25, -0.2) is 0 Å². The van der Waals surface area contributed by atoms with E-state index in [1.165, 1.54) is 13.8 Å². The molecule has 0 aromatic heterocycles. The molecule has 0 aliphatic heterocycles. The lowest BCUT2D eigenvalue weighted by molar-refractivity contribution is -0.140. The summed E-state index contributed by atoms with van der Waals surface area (Å²) in [5.41, 5.74) is 0. The maximum atomic E-state index is 10.5. The van der Waals surface area contributed by atoms with E-state index in [0.717, 1.165) is 25.7 Å². The predicted molar refractivity (Wildman–Crippen MR) is 79.2 cm³/mol. The average molecular weight is 280 g/mol. The number of carbonyl (C=O) groups excluding carboxylic acids is 2. The van der Waals surface area contributed by atoms with Crippen LogP contribution in [0.4, 0.5) is 0 Å². The number of carbonyl (C=O) groups is 2. The lowest BCUT2D eigenvalue weighted by Gasteiger charge is -1.94. The first-order valence-electron chi connectivity index (χ1n) is 6.84. The standard InChI is InChI=1S/C16H24O4/c1-15(17)19-13-11-9-7-5-3-4-6-8-10-12-14-20-16(2)18/h3-4,9-12H,5-8,13-14H2,1-2H3/b4-3-,11-9-,12-10-. The Labute approximate surface area is 121 Å². The summed E-state index contributed by atoms with van der Waals surface area (Å²) in [5, 5.41) is 0. The minimum absolute atomic E-state index is 0.253. The van der Waals surface area contributed by atoms with Crippen molar-refractivity contribution in [1.82, 2.24) is 0 Å². The molecule has 0 spiro atoms. The van der Waals surface area contributed by atoms with Crippen molar-refractivity contribution in [3.05, 3.63) is 36.5 Å². The van der Waals surface area contributed by atoms with E-state index < -0.39 is 0 Å². The molecule has 0 atom stereocenters. The van der Waals surface area contributed by atoms with Gasteiger partial charge in [0, 0.05) is 13.8 Å². The van der Waals surface area contributed by atoms with Crippen molar-refractivity contribution in [2.24, 2.45) is 0 Å². The van der Waals surface area contributed by atoms with Gasteiger partial charge >= 0.3 is 11.9 Å². The predicted octanol–water partition coefficient (Wildman–Crippen LogP) is 3.34. The molecular formula is C16H24O4. The second-order valence-electron chi connectivity index (χ2n) is 4.17. The van der Waals surface area contributed by atoms with E-state index in [0.29, 0.717) is 13.2 Å². The highest BCUT2D eigenvalue weighted by Crippen LogP contribution is 1.98. The molecule has 0 aromatic carbocycles. The monoisotopic (exact) mass is 280 g/mol. The van der Waals surface area contributed by atoms with Crippen LogP contribution in [0.2, 0.25) is 0 Å². The third-order valence-corrected chi connectivity index (χ3v) is 2.27. The second-order valence-corrected chi connectivity index (χ2v) is 4.17. The third-order valence-electron chi connectivity index (χ3n) is 2.27. The number of rotatable bonds is 10. The fourth-order valence-electron chi connectivity index (χ4n) is 1.32. The molecule has 0 fully saturated rings. The van der Waals surface area contributed by atoms with Gasteiger partial charge in [0.15, 0.2) is 0 Å². The number of hydrogen-bond donors (Lipinski definition) is 0. The molecule has 4 nitrogen and oxygen atoms in total. The maximum Gasteiger partial charge on any atom is 0.302 e. The molecule has 0 radical (unpaired) electrons. The highest BCUT2D eigenvalue weighted by molar-refractivity contribution is 5.66. The first kappa shape index (κ1) is 18.2. The van der Waals surface area contributed by atoms with Crippen molar-refractivity contribution in [2.75, 3.05) is 13.2 Å². The Bertz CT molecular complexity index is 319. The molecule has 20 heavy (non-hydrogen) atoms. The van der Waals surface area contributed by atoms with Gasteiger partial charge in [0.05, 0.1) is 0 Å². The van der Waals surface area contributed by atoms with Crippen LogP contribution in [0.5, 0.6) is 0 Å². The molecular weight excluding hydrogens is 256 g/mol. The highest BCUT2D eigenvalue weighted by atomic mass is 16.5. The number of unbranched alkanes of at least 4 members (excludes halogenated alkanes) is 2. The number of allylic oxidation sites excluding steroid dienone is 4. The van der Waals surface area contributed by atoms with Gasteiger partial charge in [0.1, 0.15) is 13.2 Å². The van der Waals surface area contributed by atoms with Crippen LogP contribution >= 0.6 is 0 Å². The zero-order chi connectivity index (χ0) is 15.1. The molecule has 0 aliphatic rings. The average Bonchev–Trinajstić information content (AvgIpc) is 2.38. The summed E-state index contributed by atoms with van der Waals surface area (Å²) in [6, 6.07) is 0. The van der Waals surface area contributed by atoms with Crippen LogP contribution in [0, 0.1) is 0 Å². The van der Waals surface area contributed by atoms with Gasteiger partial charge in [-0.3, -0.25) is 9.59 Å². The smallest absolute Gasteiger partial charge is 0.302 e. The van der Waals surface area contributed by atoms with E-state index >= 15 is 0 Å². The van der Waals surface area contributed by atoms with Crippen LogP contribution in [-0.4, -0.2) is 25.2 Å². The molecule has 0 saturated carbocycles. The van der Waals surface area contributed by atoms with Gasteiger partial charge < -0.3 is 9.47 Å². The summed E-state index contributed by atoms with van der Waals surface area (Å²) >= 11 is 0. The Kier molecular flexibility index (Phi) is 12.3. The van der Waals surface area contributed by atoms with Gasteiger partial charge in [-0.2, -0.15) is 0 Å². The van der Waals surface area contributed by atoms with Crippen molar-refractivity contribution in [3.63, 3.8) is 0 Å². The Morgan fingerprint density at radius 3 is 1.25 bits per heavy atom. The molecule has 0 saturated heterocycles. The first-order valence-corrected chi connectivity index (χ1v) is 6.84. The maximum absolute atomic E-state index is 10.5. The molecule has 0 aliphatic carbocycles. The van der Waals surface area contributed by atoms with Crippen LogP contribution in [0.15, 0.2) is 36.5 Å². The van der Waals surface area contributed by atoms with E-state index in [-0.39, 0.29) is 11.9 Å². The summed E-state index contributed by atoms with van der Waals surface area (Å²) < 4.78 is 9.53. The lowest BCUT2D eigenvalue weighted by atomic mass is 10.2. The van der Waals surface area contributed by atoms with E-state index in [2.05, 4.69) is 12.2 Å². The normalized spacial score (nSPS) is 11.5. The van der Waals surface area contributed by atoms with E-state index in [4.69, 9.17) is 9.47 Å². The summed E-state index contributed by atoms with van der Waals surface area (Å²) in [4.78, 5) is 21.0. The van der Waals surface area contributed by atoms with Crippen molar-refractivity contribution in [3.8, 4) is 0 Å². The zero-order valence-electron chi connectivity index (χ0n) is 12.3. The van der Waals surface area contributed by atoms with Gasteiger partial charge in [-0.05, 0) is 25.7 Å². The number of ether oxygens (including phenoxy) is 2. The molecule has 0 amide bonds. The lowest BCUT2D eigenvalue weighted by Crippen LogP contribution is -1.97. The largest absolute Gasteiger partial charge is 0.462 e.